The van der Waals surface area contributed by atoms with Crippen LogP contribution in [0.25, 0.3) is 0 Å². The Kier molecular flexibility index (Phi) is 11.8. The van der Waals surface area contributed by atoms with Crippen molar-refractivity contribution in [1.29, 1.82) is 0 Å². The van der Waals surface area contributed by atoms with E-state index in [-0.39, 0.29) is 6.61 Å². The van der Waals surface area contributed by atoms with Crippen LogP contribution in [0, 0.1) is 0 Å². The van der Waals surface area contributed by atoms with Crippen molar-refractivity contribution < 1.29 is 19.3 Å². The highest BCUT2D eigenvalue weighted by Gasteiger charge is 1.97. The fraction of sp³-hybridized carbons (Fsp3) is 1.00. The van der Waals surface area contributed by atoms with E-state index in [0.717, 1.165) is 0 Å². The number of ether oxygens (including phenoxy) is 3. The van der Waals surface area contributed by atoms with Gasteiger partial charge in [0.1, 0.15) is 0 Å². The molecule has 2 radical (unpaired) electrons. The van der Waals surface area contributed by atoms with Crippen LogP contribution in [0.3, 0.4) is 0 Å². The maximum atomic E-state index is 8.45. The summed E-state index contributed by atoms with van der Waals surface area (Å²) >= 11 is 0. The number of methoxy groups -OCH3 is 1. The molecule has 0 saturated heterocycles. The quantitative estimate of drug-likeness (QED) is 0.357. The van der Waals surface area contributed by atoms with Gasteiger partial charge in [-0.3, -0.25) is 0 Å². The van der Waals surface area contributed by atoms with Crippen molar-refractivity contribution in [3.63, 3.8) is 0 Å². The zero-order valence-corrected chi connectivity index (χ0v) is 9.35. The van der Waals surface area contributed by atoms with Crippen molar-refractivity contribution >= 4 is 7.98 Å². The summed E-state index contributed by atoms with van der Waals surface area (Å²) in [6, 6.07) is 0. The predicted molar refractivity (Wildman–Crippen MR) is 57.9 cm³/mol. The highest BCUT2D eigenvalue weighted by molar-refractivity contribution is 6.04. The molecule has 0 atom stereocenters. The number of nitrogens with zero attached hydrogens (tertiary/aromatic N) is 1. The molecule has 5 nitrogen and oxygen atoms in total. The van der Waals surface area contributed by atoms with E-state index in [1.54, 1.807) is 11.9 Å². The zero-order valence-electron chi connectivity index (χ0n) is 9.35. The van der Waals surface area contributed by atoms with Gasteiger partial charge in [0.05, 0.1) is 39.6 Å². The van der Waals surface area contributed by atoms with Gasteiger partial charge < -0.3 is 24.1 Å². The highest BCUT2D eigenvalue weighted by Crippen LogP contribution is 1.84. The lowest BCUT2D eigenvalue weighted by Crippen LogP contribution is -2.29. The third-order valence-electron chi connectivity index (χ3n) is 1.71. The van der Waals surface area contributed by atoms with Gasteiger partial charge in [0.2, 0.25) is 0 Å². The first kappa shape index (κ1) is 14.9. The lowest BCUT2D eigenvalue weighted by molar-refractivity contribution is 0.0582. The Bertz CT molecular complexity index is 129. The van der Waals surface area contributed by atoms with Crippen LogP contribution in [0.2, 0.25) is 0 Å². The molecule has 15 heavy (non-hydrogen) atoms. The van der Waals surface area contributed by atoms with Gasteiger partial charge in [-0.2, -0.15) is 0 Å². The first-order valence-electron chi connectivity index (χ1n) is 5.06. The molecule has 0 rings (SSSR count). The minimum atomic E-state index is 0.0463. The maximum Gasteiger partial charge on any atom is 0.182 e. The minimum absolute atomic E-state index is 0.0463. The van der Waals surface area contributed by atoms with Crippen molar-refractivity contribution in [1.82, 2.24) is 4.81 Å². The zero-order chi connectivity index (χ0) is 11.4. The molecule has 0 aliphatic heterocycles. The second-order valence-corrected chi connectivity index (χ2v) is 2.98. The average molecular weight is 217 g/mol. The second-order valence-electron chi connectivity index (χ2n) is 2.98. The predicted octanol–water partition coefficient (Wildman–Crippen LogP) is -0.956. The van der Waals surface area contributed by atoms with E-state index < -0.39 is 0 Å². The van der Waals surface area contributed by atoms with Crippen LogP contribution in [0.15, 0.2) is 0 Å². The Balaban J connectivity index is 3.08. The molecule has 0 saturated carbocycles. The summed E-state index contributed by atoms with van der Waals surface area (Å²) < 4.78 is 15.1. The van der Waals surface area contributed by atoms with Crippen molar-refractivity contribution in [2.45, 2.75) is 0 Å². The van der Waals surface area contributed by atoms with E-state index >= 15 is 0 Å². The van der Waals surface area contributed by atoms with E-state index in [9.17, 15) is 0 Å². The molecule has 0 aliphatic carbocycles. The Labute approximate surface area is 92.7 Å². The molecule has 0 bridgehead atoms. The van der Waals surface area contributed by atoms with Gasteiger partial charge in [0.25, 0.3) is 0 Å². The molecule has 6 heteroatoms. The Morgan fingerprint density at radius 1 is 1.00 bits per heavy atom. The van der Waals surface area contributed by atoms with Gasteiger partial charge in [0.15, 0.2) is 7.98 Å². The lowest BCUT2D eigenvalue weighted by atomic mass is 10.3. The second kappa shape index (κ2) is 11.9. The normalized spacial score (nSPS) is 11.1. The minimum Gasteiger partial charge on any atom is -0.394 e. The van der Waals surface area contributed by atoms with Crippen molar-refractivity contribution in [3.8, 4) is 0 Å². The molecular formula is C9H20BNO4. The molecule has 88 valence electrons. The molecule has 0 unspecified atom stereocenters. The van der Waals surface area contributed by atoms with E-state index in [1.807, 2.05) is 0 Å². The highest BCUT2D eigenvalue weighted by atomic mass is 16.5. The van der Waals surface area contributed by atoms with Crippen LogP contribution < -0.4 is 0 Å². The van der Waals surface area contributed by atoms with Crippen LogP contribution in [0.5, 0.6) is 0 Å². The number of hydrogen-bond acceptors (Lipinski definition) is 5. The van der Waals surface area contributed by atoms with Crippen molar-refractivity contribution in [2.75, 3.05) is 59.8 Å². The van der Waals surface area contributed by atoms with Gasteiger partial charge in [-0.1, -0.05) is 0 Å². The fourth-order valence-electron chi connectivity index (χ4n) is 0.886. The van der Waals surface area contributed by atoms with Crippen LogP contribution >= 0.6 is 0 Å². The third-order valence-corrected chi connectivity index (χ3v) is 1.71. The molecule has 0 aromatic heterocycles. The summed E-state index contributed by atoms with van der Waals surface area (Å²) in [4.78, 5) is 1.63. The molecule has 1 N–H and O–H groups in total. The van der Waals surface area contributed by atoms with Gasteiger partial charge in [-0.15, -0.1) is 0 Å². The average Bonchev–Trinajstić information content (AvgIpc) is 2.24. The molecule has 0 amide bonds. The Morgan fingerprint density at radius 3 is 2.13 bits per heavy atom. The van der Waals surface area contributed by atoms with Crippen molar-refractivity contribution in [3.05, 3.63) is 0 Å². The molecule has 0 spiro atoms. The molecule has 0 heterocycles. The number of aliphatic hydroxyl groups is 1. The molecule has 0 aromatic carbocycles. The summed E-state index contributed by atoms with van der Waals surface area (Å²) in [5.41, 5.74) is 0. The third kappa shape index (κ3) is 11.8. The lowest BCUT2D eigenvalue weighted by Gasteiger charge is -2.16. The van der Waals surface area contributed by atoms with E-state index in [2.05, 4.69) is 0 Å². The van der Waals surface area contributed by atoms with Crippen LogP contribution in [-0.4, -0.2) is 77.7 Å². The Morgan fingerprint density at radius 2 is 1.60 bits per heavy atom. The largest absolute Gasteiger partial charge is 0.394 e. The topological polar surface area (TPSA) is 51.2 Å². The number of hydrogen-bond donors (Lipinski definition) is 1. The van der Waals surface area contributed by atoms with Gasteiger partial charge >= 0.3 is 0 Å². The smallest absolute Gasteiger partial charge is 0.182 e. The number of aliphatic hydroxyl groups excluding tert-OH is 1. The van der Waals surface area contributed by atoms with Gasteiger partial charge in [-0.05, 0) is 0 Å². The summed E-state index contributed by atoms with van der Waals surface area (Å²) in [6.45, 7) is 3.99. The monoisotopic (exact) mass is 217 g/mol. The standard InChI is InChI=1S/C9H20BNO4/c1-13-8-9-15-6-3-11(10)2-5-14-7-4-12/h12H,2-9H2,1H3. The summed E-state index contributed by atoms with van der Waals surface area (Å²) in [6.07, 6.45) is 0. The van der Waals surface area contributed by atoms with E-state index in [1.165, 1.54) is 0 Å². The van der Waals surface area contributed by atoms with Crippen LogP contribution in [0.4, 0.5) is 0 Å². The van der Waals surface area contributed by atoms with Gasteiger partial charge in [0, 0.05) is 20.2 Å². The Hall–Kier alpha value is -0.135. The fourth-order valence-corrected chi connectivity index (χ4v) is 0.886. The first-order chi connectivity index (χ1) is 7.31. The van der Waals surface area contributed by atoms with Crippen LogP contribution in [0.1, 0.15) is 0 Å². The first-order valence-corrected chi connectivity index (χ1v) is 5.06. The molecule has 0 aromatic rings. The summed E-state index contributed by atoms with van der Waals surface area (Å²) in [7, 11) is 7.29. The SMILES string of the molecule is [B]N(CCOCCO)CCOCCOC. The van der Waals surface area contributed by atoms with Crippen LogP contribution in [-0.2, 0) is 14.2 Å². The summed E-state index contributed by atoms with van der Waals surface area (Å²) in [5, 5.41) is 8.45. The molecule has 0 aliphatic rings. The van der Waals surface area contributed by atoms with Crippen molar-refractivity contribution in [2.24, 2.45) is 0 Å². The summed E-state index contributed by atoms with van der Waals surface area (Å²) in [5.74, 6) is 0. The number of rotatable bonds is 11. The van der Waals surface area contributed by atoms with E-state index in [0.29, 0.717) is 46.1 Å². The van der Waals surface area contributed by atoms with E-state index in [4.69, 9.17) is 27.3 Å². The molecule has 0 fully saturated rings. The molecular weight excluding hydrogens is 197 g/mol. The maximum absolute atomic E-state index is 8.45. The van der Waals surface area contributed by atoms with Gasteiger partial charge in [-0.25, -0.2) is 0 Å².